The van der Waals surface area contributed by atoms with Gasteiger partial charge in [-0.1, -0.05) is 18.2 Å². The molecule has 4 rings (SSSR count). The van der Waals surface area contributed by atoms with E-state index in [4.69, 9.17) is 4.74 Å². The third kappa shape index (κ3) is 4.82. The summed E-state index contributed by atoms with van der Waals surface area (Å²) >= 11 is 1.30. The number of carbonyl (C=O) groups is 1. The number of aromatic nitrogens is 2. The molecule has 1 aliphatic rings. The lowest BCUT2D eigenvalue weighted by atomic mass is 10.2. The Labute approximate surface area is 185 Å². The number of benzene rings is 1. The van der Waals surface area contributed by atoms with Gasteiger partial charge in [0.05, 0.1) is 29.5 Å². The van der Waals surface area contributed by atoms with Crippen LogP contribution in [0.4, 0.5) is 0 Å². The van der Waals surface area contributed by atoms with Gasteiger partial charge < -0.3 is 10.1 Å². The number of sulfonamides is 1. The summed E-state index contributed by atoms with van der Waals surface area (Å²) in [5.41, 5.74) is 2.18. The average molecular weight is 459 g/mol. The topological polar surface area (TPSA) is 101 Å². The number of aryl methyl sites for hydroxylation is 1. The largest absolute Gasteiger partial charge is 0.379 e. The van der Waals surface area contributed by atoms with Crippen molar-refractivity contribution in [2.45, 2.75) is 18.4 Å². The summed E-state index contributed by atoms with van der Waals surface area (Å²) in [6, 6.07) is 12.1. The molecule has 1 saturated heterocycles. The van der Waals surface area contributed by atoms with Gasteiger partial charge in [-0.2, -0.15) is 4.31 Å². The molecule has 8 nitrogen and oxygen atoms in total. The minimum atomic E-state index is -3.53. The first-order valence-electron chi connectivity index (χ1n) is 9.79. The molecular formula is C21H22N4O4S2. The van der Waals surface area contributed by atoms with E-state index in [2.05, 4.69) is 15.3 Å². The highest BCUT2D eigenvalue weighted by Gasteiger charge is 2.26. The molecule has 162 valence electrons. The van der Waals surface area contributed by atoms with Gasteiger partial charge in [0.1, 0.15) is 9.88 Å². The van der Waals surface area contributed by atoms with Gasteiger partial charge in [-0.15, -0.1) is 11.3 Å². The Morgan fingerprint density at radius 2 is 1.90 bits per heavy atom. The zero-order chi connectivity index (χ0) is 21.8. The standard InChI is InChI=1S/C21H22N4O4S2/c1-15-19(30-21(24-15)18-4-2-3-9-22-18)20(26)23-14-16-5-7-17(8-6-16)31(27,28)25-10-12-29-13-11-25/h2-9H,10-14H2,1H3,(H,23,26). The highest BCUT2D eigenvalue weighted by Crippen LogP contribution is 2.26. The lowest BCUT2D eigenvalue weighted by Crippen LogP contribution is -2.40. The Balaban J connectivity index is 1.40. The summed E-state index contributed by atoms with van der Waals surface area (Å²) in [6.07, 6.45) is 1.69. The molecule has 0 saturated carbocycles. The molecule has 0 unspecified atom stereocenters. The smallest absolute Gasteiger partial charge is 0.263 e. The summed E-state index contributed by atoms with van der Waals surface area (Å²) in [5, 5.41) is 3.57. The van der Waals surface area contributed by atoms with E-state index >= 15 is 0 Å². The van der Waals surface area contributed by atoms with Crippen LogP contribution in [-0.2, 0) is 21.3 Å². The van der Waals surface area contributed by atoms with E-state index < -0.39 is 10.0 Å². The molecule has 0 aliphatic carbocycles. The van der Waals surface area contributed by atoms with Crippen molar-refractivity contribution in [2.75, 3.05) is 26.3 Å². The summed E-state index contributed by atoms with van der Waals surface area (Å²) in [5.74, 6) is -0.220. The molecule has 1 N–H and O–H groups in total. The molecule has 1 fully saturated rings. The summed E-state index contributed by atoms with van der Waals surface area (Å²) in [4.78, 5) is 22.1. The number of rotatable bonds is 6. The van der Waals surface area contributed by atoms with Crippen molar-refractivity contribution in [2.24, 2.45) is 0 Å². The fraction of sp³-hybridized carbons (Fsp3) is 0.286. The van der Waals surface area contributed by atoms with E-state index in [1.807, 2.05) is 18.2 Å². The lowest BCUT2D eigenvalue weighted by molar-refractivity contribution is 0.0730. The fourth-order valence-electron chi connectivity index (χ4n) is 3.18. The predicted molar refractivity (Wildman–Crippen MR) is 117 cm³/mol. The first kappa shape index (κ1) is 21.6. The van der Waals surface area contributed by atoms with E-state index in [9.17, 15) is 13.2 Å². The summed E-state index contributed by atoms with van der Waals surface area (Å²) in [6.45, 7) is 3.60. The van der Waals surface area contributed by atoms with E-state index in [0.29, 0.717) is 41.9 Å². The molecule has 1 aromatic carbocycles. The molecule has 0 bridgehead atoms. The maximum atomic E-state index is 12.7. The average Bonchev–Trinajstić information content (AvgIpc) is 3.20. The Bertz CT molecular complexity index is 1160. The molecule has 1 aliphatic heterocycles. The van der Waals surface area contributed by atoms with Crippen molar-refractivity contribution < 1.29 is 17.9 Å². The molecule has 10 heteroatoms. The molecule has 31 heavy (non-hydrogen) atoms. The highest BCUT2D eigenvalue weighted by molar-refractivity contribution is 7.89. The van der Waals surface area contributed by atoms with Crippen LogP contribution < -0.4 is 5.32 Å². The molecule has 0 spiro atoms. The van der Waals surface area contributed by atoms with Crippen LogP contribution >= 0.6 is 11.3 Å². The third-order valence-electron chi connectivity index (χ3n) is 4.87. The molecule has 3 aromatic rings. The maximum absolute atomic E-state index is 12.7. The SMILES string of the molecule is Cc1nc(-c2ccccn2)sc1C(=O)NCc1ccc(S(=O)(=O)N2CCOCC2)cc1. The number of carbonyl (C=O) groups excluding carboxylic acids is 1. The number of morpholine rings is 1. The van der Waals surface area contributed by atoms with Gasteiger partial charge in [-0.05, 0) is 36.8 Å². The van der Waals surface area contributed by atoms with E-state index in [1.165, 1.54) is 15.6 Å². The van der Waals surface area contributed by atoms with Crippen molar-refractivity contribution in [1.82, 2.24) is 19.6 Å². The van der Waals surface area contributed by atoms with Gasteiger partial charge in [0.15, 0.2) is 0 Å². The third-order valence-corrected chi connectivity index (χ3v) is 7.96. The second-order valence-corrected chi connectivity index (χ2v) is 9.93. The predicted octanol–water partition coefficient (Wildman–Crippen LogP) is 2.46. The molecule has 0 atom stereocenters. The zero-order valence-corrected chi connectivity index (χ0v) is 18.6. The Kier molecular flexibility index (Phi) is 6.42. The first-order chi connectivity index (χ1) is 14.9. The van der Waals surface area contributed by atoms with Gasteiger partial charge in [-0.25, -0.2) is 13.4 Å². The number of hydrogen-bond donors (Lipinski definition) is 1. The lowest BCUT2D eigenvalue weighted by Gasteiger charge is -2.26. The van der Waals surface area contributed by atoms with Gasteiger partial charge in [-0.3, -0.25) is 9.78 Å². The van der Waals surface area contributed by atoms with Crippen molar-refractivity contribution in [3.8, 4) is 10.7 Å². The quantitative estimate of drug-likeness (QED) is 0.609. The van der Waals surface area contributed by atoms with Gasteiger partial charge in [0.2, 0.25) is 10.0 Å². The molecule has 2 aromatic heterocycles. The number of ether oxygens (including phenoxy) is 1. The van der Waals surface area contributed by atoms with Gasteiger partial charge >= 0.3 is 0 Å². The van der Waals surface area contributed by atoms with E-state index in [1.54, 1.807) is 37.4 Å². The van der Waals surface area contributed by atoms with Crippen LogP contribution in [-0.4, -0.2) is 54.9 Å². The number of hydrogen-bond acceptors (Lipinski definition) is 7. The number of pyridine rings is 1. The van der Waals surface area contributed by atoms with Gasteiger partial charge in [0.25, 0.3) is 5.91 Å². The minimum Gasteiger partial charge on any atom is -0.379 e. The highest BCUT2D eigenvalue weighted by atomic mass is 32.2. The van der Waals surface area contributed by atoms with Crippen molar-refractivity contribution in [1.29, 1.82) is 0 Å². The Morgan fingerprint density at radius 1 is 1.16 bits per heavy atom. The van der Waals surface area contributed by atoms with Crippen LogP contribution in [0.3, 0.4) is 0 Å². The maximum Gasteiger partial charge on any atom is 0.263 e. The summed E-state index contributed by atoms with van der Waals surface area (Å²) in [7, 11) is -3.53. The second kappa shape index (κ2) is 9.23. The Morgan fingerprint density at radius 3 is 2.58 bits per heavy atom. The van der Waals surface area contributed by atoms with Crippen molar-refractivity contribution in [3.05, 3.63) is 64.8 Å². The number of nitrogens with zero attached hydrogens (tertiary/aromatic N) is 3. The molecule has 0 radical (unpaired) electrons. The van der Waals surface area contributed by atoms with Crippen LogP contribution in [0.2, 0.25) is 0 Å². The first-order valence-corrected chi connectivity index (χ1v) is 12.0. The van der Waals surface area contributed by atoms with Crippen LogP contribution in [0.5, 0.6) is 0 Å². The van der Waals surface area contributed by atoms with Crippen LogP contribution in [0.15, 0.2) is 53.6 Å². The number of thiazole rings is 1. The van der Waals surface area contributed by atoms with Crippen LogP contribution in [0, 0.1) is 6.92 Å². The van der Waals surface area contributed by atoms with Gasteiger partial charge in [0, 0.05) is 25.8 Å². The van der Waals surface area contributed by atoms with Crippen LogP contribution in [0.25, 0.3) is 10.7 Å². The minimum absolute atomic E-state index is 0.220. The number of amides is 1. The van der Waals surface area contributed by atoms with Crippen LogP contribution in [0.1, 0.15) is 20.9 Å². The van der Waals surface area contributed by atoms with Crippen molar-refractivity contribution >= 4 is 27.3 Å². The zero-order valence-electron chi connectivity index (χ0n) is 16.9. The second-order valence-electron chi connectivity index (χ2n) is 6.99. The normalized spacial score (nSPS) is 15.0. The molecule has 3 heterocycles. The molecule has 1 amide bonds. The number of nitrogens with one attached hydrogen (secondary N) is 1. The fourth-order valence-corrected chi connectivity index (χ4v) is 5.55. The van der Waals surface area contributed by atoms with E-state index in [0.717, 1.165) is 11.3 Å². The molecular weight excluding hydrogens is 436 g/mol. The summed E-state index contributed by atoms with van der Waals surface area (Å²) < 4.78 is 32.0. The van der Waals surface area contributed by atoms with E-state index in [-0.39, 0.29) is 17.3 Å². The Hall–Kier alpha value is -2.66. The van der Waals surface area contributed by atoms with Crippen molar-refractivity contribution in [3.63, 3.8) is 0 Å². The monoisotopic (exact) mass is 458 g/mol.